The fourth-order valence-corrected chi connectivity index (χ4v) is 2.71. The van der Waals surface area contributed by atoms with Crippen molar-refractivity contribution < 1.29 is 9.53 Å². The van der Waals surface area contributed by atoms with Gasteiger partial charge in [-0.2, -0.15) is 0 Å². The summed E-state index contributed by atoms with van der Waals surface area (Å²) in [4.78, 5) is 14.0. The Labute approximate surface area is 143 Å². The molecule has 0 radical (unpaired) electrons. The third-order valence-corrected chi connectivity index (χ3v) is 4.35. The first kappa shape index (κ1) is 16.4. The highest BCUT2D eigenvalue weighted by atomic mass is 16.5. The van der Waals surface area contributed by atoms with E-state index in [1.54, 1.807) is 0 Å². The lowest BCUT2D eigenvalue weighted by molar-refractivity contribution is -0.120. The van der Waals surface area contributed by atoms with Crippen molar-refractivity contribution in [3.8, 4) is 11.5 Å². The van der Waals surface area contributed by atoms with E-state index in [2.05, 4.69) is 12.2 Å². The van der Waals surface area contributed by atoms with E-state index in [4.69, 9.17) is 4.74 Å². The van der Waals surface area contributed by atoms with Crippen molar-refractivity contribution in [2.45, 2.75) is 25.8 Å². The molecule has 1 fully saturated rings. The van der Waals surface area contributed by atoms with Gasteiger partial charge in [-0.15, -0.1) is 0 Å². The van der Waals surface area contributed by atoms with Crippen LogP contribution in [0.3, 0.4) is 0 Å². The lowest BCUT2D eigenvalue weighted by Gasteiger charge is -2.21. The second kappa shape index (κ2) is 7.39. The zero-order valence-electron chi connectivity index (χ0n) is 14.2. The van der Waals surface area contributed by atoms with Gasteiger partial charge in [-0.1, -0.05) is 18.2 Å². The second-order valence-corrected chi connectivity index (χ2v) is 6.46. The SMILES string of the molecule is CC(NC(=O)CN(C)c1ccc(Oc2ccccc2)cc1)C1CC1. The normalized spacial score (nSPS) is 14.8. The Bertz CT molecular complexity index is 666. The molecule has 24 heavy (non-hydrogen) atoms. The molecule has 1 amide bonds. The summed E-state index contributed by atoms with van der Waals surface area (Å²) < 4.78 is 5.78. The van der Waals surface area contributed by atoms with E-state index < -0.39 is 0 Å². The molecule has 1 aliphatic rings. The summed E-state index contributed by atoms with van der Waals surface area (Å²) in [5.41, 5.74) is 0.990. The third-order valence-electron chi connectivity index (χ3n) is 4.35. The average molecular weight is 324 g/mol. The minimum Gasteiger partial charge on any atom is -0.457 e. The Morgan fingerprint density at radius 1 is 1.12 bits per heavy atom. The number of amides is 1. The van der Waals surface area contributed by atoms with Gasteiger partial charge in [-0.05, 0) is 62.1 Å². The monoisotopic (exact) mass is 324 g/mol. The van der Waals surface area contributed by atoms with Crippen molar-refractivity contribution in [3.05, 3.63) is 54.6 Å². The molecule has 2 aromatic carbocycles. The standard InChI is InChI=1S/C20H24N2O2/c1-15(16-8-9-16)21-20(23)14-22(2)17-10-12-19(13-11-17)24-18-6-4-3-5-7-18/h3-7,10-13,15-16H,8-9,14H2,1-2H3,(H,21,23). The van der Waals surface area contributed by atoms with Crippen LogP contribution in [0.1, 0.15) is 19.8 Å². The third kappa shape index (κ3) is 4.51. The smallest absolute Gasteiger partial charge is 0.239 e. The van der Waals surface area contributed by atoms with Crippen molar-refractivity contribution in [2.75, 3.05) is 18.5 Å². The number of likely N-dealkylation sites (N-methyl/N-ethyl adjacent to an activating group) is 1. The van der Waals surface area contributed by atoms with Crippen LogP contribution in [-0.4, -0.2) is 25.5 Å². The first-order valence-corrected chi connectivity index (χ1v) is 8.45. The van der Waals surface area contributed by atoms with E-state index >= 15 is 0 Å². The number of carbonyl (C=O) groups excluding carboxylic acids is 1. The molecule has 1 N–H and O–H groups in total. The Kier molecular flexibility index (Phi) is 5.04. The number of nitrogens with zero attached hydrogens (tertiary/aromatic N) is 1. The number of nitrogens with one attached hydrogen (secondary N) is 1. The van der Waals surface area contributed by atoms with Crippen LogP contribution in [0, 0.1) is 5.92 Å². The van der Waals surface area contributed by atoms with Crippen molar-refractivity contribution >= 4 is 11.6 Å². The molecule has 0 bridgehead atoms. The Morgan fingerprint density at radius 3 is 2.38 bits per heavy atom. The van der Waals surface area contributed by atoms with Crippen LogP contribution in [0.4, 0.5) is 5.69 Å². The van der Waals surface area contributed by atoms with E-state index in [0.29, 0.717) is 12.5 Å². The number of anilines is 1. The largest absolute Gasteiger partial charge is 0.457 e. The van der Waals surface area contributed by atoms with Gasteiger partial charge in [-0.25, -0.2) is 0 Å². The number of hydrogen-bond acceptors (Lipinski definition) is 3. The van der Waals surface area contributed by atoms with Gasteiger partial charge < -0.3 is 15.0 Å². The van der Waals surface area contributed by atoms with Crippen LogP contribution in [0.15, 0.2) is 54.6 Å². The minimum absolute atomic E-state index is 0.0708. The molecule has 1 aliphatic carbocycles. The number of ether oxygens (including phenoxy) is 1. The van der Waals surface area contributed by atoms with E-state index in [-0.39, 0.29) is 11.9 Å². The summed E-state index contributed by atoms with van der Waals surface area (Å²) in [6.07, 6.45) is 2.47. The van der Waals surface area contributed by atoms with Gasteiger partial charge in [0, 0.05) is 18.8 Å². The fraction of sp³-hybridized carbons (Fsp3) is 0.350. The number of benzene rings is 2. The molecule has 1 atom stereocenters. The molecule has 4 nitrogen and oxygen atoms in total. The fourth-order valence-electron chi connectivity index (χ4n) is 2.71. The van der Waals surface area contributed by atoms with Crippen LogP contribution < -0.4 is 15.0 Å². The van der Waals surface area contributed by atoms with Gasteiger partial charge >= 0.3 is 0 Å². The highest BCUT2D eigenvalue weighted by molar-refractivity contribution is 5.81. The quantitative estimate of drug-likeness (QED) is 0.841. The molecule has 4 heteroatoms. The van der Waals surface area contributed by atoms with Gasteiger partial charge in [0.25, 0.3) is 0 Å². The Hall–Kier alpha value is -2.49. The van der Waals surface area contributed by atoms with E-state index in [1.165, 1.54) is 12.8 Å². The predicted molar refractivity (Wildman–Crippen MR) is 96.6 cm³/mol. The Balaban J connectivity index is 1.53. The molecule has 0 aromatic heterocycles. The molecular formula is C20H24N2O2. The van der Waals surface area contributed by atoms with Crippen LogP contribution in [0.2, 0.25) is 0 Å². The van der Waals surface area contributed by atoms with Crippen molar-refractivity contribution in [1.82, 2.24) is 5.32 Å². The van der Waals surface area contributed by atoms with E-state index in [1.807, 2.05) is 66.5 Å². The maximum absolute atomic E-state index is 12.1. The molecule has 126 valence electrons. The summed E-state index contributed by atoms with van der Waals surface area (Å²) in [5.74, 6) is 2.34. The minimum atomic E-state index is 0.0708. The summed E-state index contributed by atoms with van der Waals surface area (Å²) in [6, 6.07) is 17.8. The highest BCUT2D eigenvalue weighted by Gasteiger charge is 2.28. The maximum atomic E-state index is 12.1. The molecule has 1 unspecified atom stereocenters. The number of para-hydroxylation sites is 1. The summed E-state index contributed by atoms with van der Waals surface area (Å²) in [7, 11) is 1.93. The predicted octanol–water partition coefficient (Wildman–Crippen LogP) is 3.83. The molecule has 0 saturated heterocycles. The zero-order valence-corrected chi connectivity index (χ0v) is 14.2. The van der Waals surface area contributed by atoms with Gasteiger partial charge in [0.05, 0.1) is 6.54 Å². The van der Waals surface area contributed by atoms with Crippen molar-refractivity contribution in [3.63, 3.8) is 0 Å². The van der Waals surface area contributed by atoms with Crippen LogP contribution in [0.25, 0.3) is 0 Å². The van der Waals surface area contributed by atoms with Gasteiger partial charge in [0.2, 0.25) is 5.91 Å². The lowest BCUT2D eigenvalue weighted by Crippen LogP contribution is -2.40. The van der Waals surface area contributed by atoms with Crippen LogP contribution >= 0.6 is 0 Å². The summed E-state index contributed by atoms with van der Waals surface area (Å²) in [5, 5.41) is 3.08. The molecule has 3 rings (SSSR count). The Morgan fingerprint density at radius 2 is 1.75 bits per heavy atom. The first-order chi connectivity index (χ1) is 11.6. The molecule has 0 aliphatic heterocycles. The van der Waals surface area contributed by atoms with Crippen molar-refractivity contribution in [1.29, 1.82) is 0 Å². The van der Waals surface area contributed by atoms with Crippen molar-refractivity contribution in [2.24, 2.45) is 5.92 Å². The molecule has 2 aromatic rings. The number of carbonyl (C=O) groups is 1. The van der Waals surface area contributed by atoms with Gasteiger partial charge in [0.1, 0.15) is 11.5 Å². The van der Waals surface area contributed by atoms with Crippen LogP contribution in [-0.2, 0) is 4.79 Å². The maximum Gasteiger partial charge on any atom is 0.239 e. The van der Waals surface area contributed by atoms with Gasteiger partial charge in [-0.3, -0.25) is 4.79 Å². The van der Waals surface area contributed by atoms with Crippen LogP contribution in [0.5, 0.6) is 11.5 Å². The average Bonchev–Trinajstić information content (AvgIpc) is 3.41. The topological polar surface area (TPSA) is 41.6 Å². The lowest BCUT2D eigenvalue weighted by atomic mass is 10.2. The molecular weight excluding hydrogens is 300 g/mol. The molecule has 0 spiro atoms. The number of rotatable bonds is 7. The summed E-state index contributed by atoms with van der Waals surface area (Å²) in [6.45, 7) is 2.45. The van der Waals surface area contributed by atoms with Gasteiger partial charge in [0.15, 0.2) is 0 Å². The highest BCUT2D eigenvalue weighted by Crippen LogP contribution is 2.32. The first-order valence-electron chi connectivity index (χ1n) is 8.45. The van der Waals surface area contributed by atoms with E-state index in [0.717, 1.165) is 17.2 Å². The number of hydrogen-bond donors (Lipinski definition) is 1. The molecule has 0 heterocycles. The zero-order chi connectivity index (χ0) is 16.9. The second-order valence-electron chi connectivity index (χ2n) is 6.46. The molecule has 1 saturated carbocycles. The summed E-state index contributed by atoms with van der Waals surface area (Å²) >= 11 is 0. The van der Waals surface area contributed by atoms with E-state index in [9.17, 15) is 4.79 Å².